The molecule has 2 nitrogen and oxygen atoms in total. The highest BCUT2D eigenvalue weighted by Gasteiger charge is 2.24. The van der Waals surface area contributed by atoms with Crippen LogP contribution >= 0.6 is 35.0 Å². The average Bonchev–Trinajstić information content (AvgIpc) is 2.42. The first-order chi connectivity index (χ1) is 9.38. The molecule has 112 valence electrons. The Balaban J connectivity index is 2.80. The number of Topliss-reactive ketones (excluding diaryl/α,β-unsaturated/α-hetero) is 1. The van der Waals surface area contributed by atoms with Gasteiger partial charge in [0.25, 0.3) is 0 Å². The first-order valence-corrected chi connectivity index (χ1v) is 8.73. The number of likely N-dealkylation sites (N-methyl/N-ethyl adjacent to an activating group) is 1. The van der Waals surface area contributed by atoms with E-state index in [1.165, 1.54) is 0 Å². The van der Waals surface area contributed by atoms with Crippen molar-refractivity contribution in [1.82, 2.24) is 4.90 Å². The van der Waals surface area contributed by atoms with Crippen molar-refractivity contribution in [2.24, 2.45) is 0 Å². The molecule has 1 aromatic carbocycles. The Kier molecular flexibility index (Phi) is 7.38. The summed E-state index contributed by atoms with van der Waals surface area (Å²) in [7, 11) is 1.98. The SMILES string of the molecule is CSCCC(C)N(C)C(C)C(=O)c1ccc(Cl)cc1Cl. The number of nitrogens with zero attached hydrogens (tertiary/aromatic N) is 1. The number of ketones is 1. The van der Waals surface area contributed by atoms with Gasteiger partial charge in [0.15, 0.2) is 5.78 Å². The molecule has 0 saturated heterocycles. The number of carbonyl (C=O) groups excluding carboxylic acids is 1. The van der Waals surface area contributed by atoms with E-state index in [9.17, 15) is 4.79 Å². The van der Waals surface area contributed by atoms with Crippen LogP contribution in [0.1, 0.15) is 30.6 Å². The predicted octanol–water partition coefficient (Wildman–Crippen LogP) is 4.64. The first-order valence-electron chi connectivity index (χ1n) is 6.58. The summed E-state index contributed by atoms with van der Waals surface area (Å²) in [5, 5.41) is 0.959. The second kappa shape index (κ2) is 8.28. The minimum atomic E-state index is -0.203. The molecular formula is C15H21Cl2NOS. The molecule has 2 unspecified atom stereocenters. The fourth-order valence-electron chi connectivity index (χ4n) is 1.97. The minimum Gasteiger partial charge on any atom is -0.294 e. The zero-order valence-electron chi connectivity index (χ0n) is 12.3. The summed E-state index contributed by atoms with van der Waals surface area (Å²) in [5.41, 5.74) is 0.535. The van der Waals surface area contributed by atoms with Crippen LogP contribution in [-0.2, 0) is 0 Å². The van der Waals surface area contributed by atoms with E-state index in [0.717, 1.165) is 12.2 Å². The van der Waals surface area contributed by atoms with E-state index in [0.29, 0.717) is 21.7 Å². The first kappa shape index (κ1) is 17.8. The van der Waals surface area contributed by atoms with Crippen molar-refractivity contribution in [2.75, 3.05) is 19.1 Å². The molecule has 0 aromatic heterocycles. The van der Waals surface area contributed by atoms with Crippen LogP contribution in [0, 0.1) is 0 Å². The van der Waals surface area contributed by atoms with E-state index >= 15 is 0 Å². The van der Waals surface area contributed by atoms with Crippen LogP contribution in [0.25, 0.3) is 0 Å². The van der Waals surface area contributed by atoms with Crippen LogP contribution in [0.15, 0.2) is 18.2 Å². The number of benzene rings is 1. The molecule has 0 aliphatic carbocycles. The largest absolute Gasteiger partial charge is 0.294 e. The lowest BCUT2D eigenvalue weighted by atomic mass is 10.0. The summed E-state index contributed by atoms with van der Waals surface area (Å²) in [6.45, 7) is 4.06. The third kappa shape index (κ3) is 4.66. The highest BCUT2D eigenvalue weighted by atomic mass is 35.5. The number of thioether (sulfide) groups is 1. The molecule has 0 N–H and O–H groups in total. The van der Waals surface area contributed by atoms with Crippen molar-refractivity contribution in [3.8, 4) is 0 Å². The number of rotatable bonds is 7. The second-order valence-electron chi connectivity index (χ2n) is 4.96. The van der Waals surface area contributed by atoms with Gasteiger partial charge < -0.3 is 0 Å². The van der Waals surface area contributed by atoms with Crippen LogP contribution < -0.4 is 0 Å². The van der Waals surface area contributed by atoms with Gasteiger partial charge in [-0.2, -0.15) is 11.8 Å². The number of hydrogen-bond donors (Lipinski definition) is 0. The third-order valence-corrected chi connectivity index (χ3v) is 4.81. The molecular weight excluding hydrogens is 313 g/mol. The molecule has 0 aliphatic heterocycles. The van der Waals surface area contributed by atoms with Gasteiger partial charge in [-0.1, -0.05) is 23.2 Å². The van der Waals surface area contributed by atoms with Crippen LogP contribution in [0.3, 0.4) is 0 Å². The van der Waals surface area contributed by atoms with Crippen molar-refractivity contribution in [1.29, 1.82) is 0 Å². The molecule has 0 spiro atoms. The van der Waals surface area contributed by atoms with Crippen LogP contribution in [0.2, 0.25) is 10.0 Å². The second-order valence-corrected chi connectivity index (χ2v) is 6.79. The Labute approximate surface area is 135 Å². The van der Waals surface area contributed by atoms with Crippen LogP contribution in [-0.4, -0.2) is 41.8 Å². The molecule has 5 heteroatoms. The number of hydrogen-bond acceptors (Lipinski definition) is 3. The van der Waals surface area contributed by atoms with E-state index in [-0.39, 0.29) is 11.8 Å². The number of carbonyl (C=O) groups is 1. The zero-order chi connectivity index (χ0) is 15.3. The van der Waals surface area contributed by atoms with Gasteiger partial charge in [-0.25, -0.2) is 0 Å². The fraction of sp³-hybridized carbons (Fsp3) is 0.533. The van der Waals surface area contributed by atoms with E-state index in [4.69, 9.17) is 23.2 Å². The molecule has 0 saturated carbocycles. The van der Waals surface area contributed by atoms with E-state index in [1.54, 1.807) is 18.2 Å². The maximum Gasteiger partial charge on any atom is 0.181 e. The highest BCUT2D eigenvalue weighted by molar-refractivity contribution is 7.98. The molecule has 1 rings (SSSR count). The molecule has 0 amide bonds. The highest BCUT2D eigenvalue weighted by Crippen LogP contribution is 2.23. The Morgan fingerprint density at radius 1 is 1.35 bits per heavy atom. The van der Waals surface area contributed by atoms with Crippen molar-refractivity contribution in [3.05, 3.63) is 33.8 Å². The normalized spacial score (nSPS) is 14.3. The Bertz CT molecular complexity index is 467. The van der Waals surface area contributed by atoms with Gasteiger partial charge in [0.1, 0.15) is 0 Å². The molecule has 2 atom stereocenters. The molecule has 0 radical (unpaired) electrons. The lowest BCUT2D eigenvalue weighted by Gasteiger charge is -2.30. The minimum absolute atomic E-state index is 0.0326. The lowest BCUT2D eigenvalue weighted by Crippen LogP contribution is -2.42. The third-order valence-electron chi connectivity index (χ3n) is 3.62. The molecule has 0 fully saturated rings. The fourth-order valence-corrected chi connectivity index (χ4v) is 3.05. The zero-order valence-corrected chi connectivity index (χ0v) is 14.6. The smallest absolute Gasteiger partial charge is 0.181 e. The Morgan fingerprint density at radius 3 is 2.55 bits per heavy atom. The summed E-state index contributed by atoms with van der Waals surface area (Å²) >= 11 is 13.8. The molecule has 0 bridgehead atoms. The summed E-state index contributed by atoms with van der Waals surface area (Å²) in [6.07, 6.45) is 3.15. The maximum absolute atomic E-state index is 12.5. The van der Waals surface area contributed by atoms with Crippen LogP contribution in [0.4, 0.5) is 0 Å². The molecule has 0 aliphatic rings. The maximum atomic E-state index is 12.5. The predicted molar refractivity (Wildman–Crippen MR) is 90.5 cm³/mol. The summed E-state index contributed by atoms with van der Waals surface area (Å²) < 4.78 is 0. The molecule has 20 heavy (non-hydrogen) atoms. The monoisotopic (exact) mass is 333 g/mol. The summed E-state index contributed by atoms with van der Waals surface area (Å²) in [6, 6.07) is 5.16. The van der Waals surface area contributed by atoms with Crippen molar-refractivity contribution in [2.45, 2.75) is 32.4 Å². The lowest BCUT2D eigenvalue weighted by molar-refractivity contribution is 0.0824. The van der Waals surface area contributed by atoms with Gasteiger partial charge in [0.05, 0.1) is 11.1 Å². The van der Waals surface area contributed by atoms with E-state index in [2.05, 4.69) is 18.1 Å². The standard InChI is InChI=1S/C15H21Cl2NOS/c1-10(7-8-20-4)18(3)11(2)15(19)13-6-5-12(16)9-14(13)17/h5-6,9-11H,7-8H2,1-4H3. The molecule has 1 aromatic rings. The van der Waals surface area contributed by atoms with E-state index in [1.807, 2.05) is 25.7 Å². The topological polar surface area (TPSA) is 20.3 Å². The summed E-state index contributed by atoms with van der Waals surface area (Å²) in [4.78, 5) is 14.6. The van der Waals surface area contributed by atoms with Gasteiger partial charge in [-0.3, -0.25) is 9.69 Å². The van der Waals surface area contributed by atoms with Crippen molar-refractivity contribution < 1.29 is 4.79 Å². The van der Waals surface area contributed by atoms with Gasteiger partial charge in [-0.05, 0) is 57.5 Å². The van der Waals surface area contributed by atoms with Crippen LogP contribution in [0.5, 0.6) is 0 Å². The average molecular weight is 334 g/mol. The van der Waals surface area contributed by atoms with E-state index < -0.39 is 0 Å². The Hall–Kier alpha value is -0.220. The quantitative estimate of drug-likeness (QED) is 0.678. The summed E-state index contributed by atoms with van der Waals surface area (Å²) in [5.74, 6) is 1.12. The molecule has 0 heterocycles. The van der Waals surface area contributed by atoms with Crippen molar-refractivity contribution in [3.63, 3.8) is 0 Å². The van der Waals surface area contributed by atoms with Gasteiger partial charge >= 0.3 is 0 Å². The van der Waals surface area contributed by atoms with Gasteiger partial charge in [0, 0.05) is 16.6 Å². The van der Waals surface area contributed by atoms with Gasteiger partial charge in [-0.15, -0.1) is 0 Å². The Morgan fingerprint density at radius 2 is 2.00 bits per heavy atom. The van der Waals surface area contributed by atoms with Crippen molar-refractivity contribution >= 4 is 40.7 Å². The number of halogens is 2. The van der Waals surface area contributed by atoms with Gasteiger partial charge in [0.2, 0.25) is 0 Å².